The average Bonchev–Trinajstić information content (AvgIpc) is 2.53. The highest BCUT2D eigenvalue weighted by Gasteiger charge is 2.51. The summed E-state index contributed by atoms with van der Waals surface area (Å²) < 4.78 is 25.0. The third-order valence-corrected chi connectivity index (χ3v) is 7.00. The van der Waals surface area contributed by atoms with E-state index in [1.54, 1.807) is 24.3 Å². The van der Waals surface area contributed by atoms with Gasteiger partial charge in [-0.2, -0.15) is 0 Å². The van der Waals surface area contributed by atoms with Gasteiger partial charge in [-0.1, -0.05) is 0 Å². The third kappa shape index (κ3) is 4.23. The van der Waals surface area contributed by atoms with Gasteiger partial charge in [0.15, 0.2) is 0 Å². The van der Waals surface area contributed by atoms with Crippen molar-refractivity contribution in [3.05, 3.63) is 24.3 Å². The van der Waals surface area contributed by atoms with Crippen molar-refractivity contribution in [2.75, 3.05) is 16.3 Å². The van der Waals surface area contributed by atoms with Crippen molar-refractivity contribution in [2.45, 2.75) is 57.0 Å². The average molecular weight is 392 g/mol. The maximum absolute atomic E-state index is 12.8. The Bertz CT molecular complexity index is 784. The number of nitrogens with one attached hydrogen (secondary N) is 3. The van der Waals surface area contributed by atoms with Crippen LogP contribution < -0.4 is 15.4 Å². The number of carbonyl (C=O) groups excluding carboxylic acids is 1. The van der Waals surface area contributed by atoms with Crippen LogP contribution in [-0.2, 0) is 14.8 Å². The number of rotatable bonds is 6. The predicted octanol–water partition coefficient (Wildman–Crippen LogP) is 2.94. The van der Waals surface area contributed by atoms with E-state index in [0.29, 0.717) is 5.69 Å². The van der Waals surface area contributed by atoms with Crippen LogP contribution in [0.3, 0.4) is 0 Å². The summed E-state index contributed by atoms with van der Waals surface area (Å²) >= 11 is 0. The first-order valence-electron chi connectivity index (χ1n) is 9.86. The van der Waals surface area contributed by atoms with Gasteiger partial charge in [0.25, 0.3) is 0 Å². The maximum atomic E-state index is 12.8. The number of hydrogen-bond donors (Lipinski definition) is 3. The van der Waals surface area contributed by atoms with Crippen molar-refractivity contribution in [2.24, 2.45) is 17.8 Å². The molecule has 4 aliphatic rings. The summed E-state index contributed by atoms with van der Waals surface area (Å²) in [5, 5.41) is 6.62. The number of benzene rings is 1. The van der Waals surface area contributed by atoms with Crippen LogP contribution in [0.1, 0.15) is 45.4 Å². The molecule has 1 aromatic rings. The summed E-state index contributed by atoms with van der Waals surface area (Å²) in [5.41, 5.74) is 1.32. The molecular formula is C20H29N3O3S. The van der Waals surface area contributed by atoms with Gasteiger partial charge in [-0.15, -0.1) is 0 Å². The lowest BCUT2D eigenvalue weighted by Gasteiger charge is -2.57. The summed E-state index contributed by atoms with van der Waals surface area (Å²) in [6.07, 6.45) is 8.62. The molecule has 4 saturated carbocycles. The van der Waals surface area contributed by atoms with Crippen molar-refractivity contribution >= 4 is 27.3 Å². The zero-order valence-corrected chi connectivity index (χ0v) is 16.8. The molecule has 27 heavy (non-hydrogen) atoms. The van der Waals surface area contributed by atoms with E-state index < -0.39 is 10.0 Å². The van der Waals surface area contributed by atoms with Crippen LogP contribution in [-0.4, -0.2) is 32.2 Å². The highest BCUT2D eigenvalue weighted by molar-refractivity contribution is 7.92. The number of sulfonamides is 1. The molecule has 7 heteroatoms. The minimum absolute atomic E-state index is 0.0189. The predicted molar refractivity (Wildman–Crippen MR) is 107 cm³/mol. The molecule has 0 saturated heterocycles. The molecule has 0 heterocycles. The zero-order chi connectivity index (χ0) is 19.2. The van der Waals surface area contributed by atoms with Crippen molar-refractivity contribution < 1.29 is 13.2 Å². The molecular weight excluding hydrogens is 362 g/mol. The first-order valence-corrected chi connectivity index (χ1v) is 11.8. The number of anilines is 2. The van der Waals surface area contributed by atoms with Crippen molar-refractivity contribution in [1.29, 1.82) is 0 Å². The lowest BCUT2D eigenvalue weighted by Crippen LogP contribution is -2.61. The lowest BCUT2D eigenvalue weighted by molar-refractivity contribution is -0.127. The Balaban J connectivity index is 1.36. The van der Waals surface area contributed by atoms with Gasteiger partial charge in [0.1, 0.15) is 6.04 Å². The van der Waals surface area contributed by atoms with Gasteiger partial charge in [0.2, 0.25) is 15.9 Å². The standard InChI is InChI=1S/C20H29N3O3S/c1-13(21-17-3-5-18(6-4-17)23-27(2,25)26)19(24)22-20-10-14-7-15(11-20)9-16(8-14)12-20/h3-6,13-16,21,23H,7-12H2,1-2H3,(H,22,24)/t13-,14?,15?,16?,20?/m0/s1. The maximum Gasteiger partial charge on any atom is 0.242 e. The van der Waals surface area contributed by atoms with Crippen LogP contribution in [0.2, 0.25) is 0 Å². The van der Waals surface area contributed by atoms with Crippen molar-refractivity contribution in [3.8, 4) is 0 Å². The summed E-state index contributed by atoms with van der Waals surface area (Å²) in [5.74, 6) is 2.45. The van der Waals surface area contributed by atoms with Crippen LogP contribution in [0.15, 0.2) is 24.3 Å². The number of amides is 1. The smallest absolute Gasteiger partial charge is 0.242 e. The van der Waals surface area contributed by atoms with Gasteiger partial charge in [-0.05, 0) is 87.5 Å². The summed E-state index contributed by atoms with van der Waals surface area (Å²) in [7, 11) is -3.29. The highest BCUT2D eigenvalue weighted by atomic mass is 32.2. The molecule has 3 N–H and O–H groups in total. The molecule has 148 valence electrons. The summed E-state index contributed by atoms with van der Waals surface area (Å²) in [6.45, 7) is 1.87. The molecule has 4 bridgehead atoms. The van der Waals surface area contributed by atoms with E-state index in [1.807, 2.05) is 6.92 Å². The van der Waals surface area contributed by atoms with E-state index in [1.165, 1.54) is 19.3 Å². The fourth-order valence-corrected chi connectivity index (χ4v) is 6.36. The Labute approximate surface area is 161 Å². The monoisotopic (exact) mass is 391 g/mol. The van der Waals surface area contributed by atoms with Gasteiger partial charge in [0, 0.05) is 16.9 Å². The molecule has 0 aliphatic heterocycles. The molecule has 0 radical (unpaired) electrons. The Kier molecular flexibility index (Phi) is 4.61. The number of carbonyl (C=O) groups is 1. The van der Waals surface area contributed by atoms with E-state index >= 15 is 0 Å². The third-order valence-electron chi connectivity index (χ3n) is 6.39. The lowest BCUT2D eigenvalue weighted by atomic mass is 9.53. The largest absolute Gasteiger partial charge is 0.374 e. The molecule has 1 aromatic carbocycles. The molecule has 0 spiro atoms. The Morgan fingerprint density at radius 1 is 1.00 bits per heavy atom. The van der Waals surface area contributed by atoms with Crippen LogP contribution in [0.25, 0.3) is 0 Å². The summed E-state index contributed by atoms with van der Waals surface area (Å²) in [6, 6.07) is 6.59. The molecule has 4 aliphatic carbocycles. The second-order valence-corrected chi connectivity index (χ2v) is 10.8. The van der Waals surface area contributed by atoms with E-state index in [4.69, 9.17) is 0 Å². The second kappa shape index (κ2) is 6.69. The van der Waals surface area contributed by atoms with Crippen LogP contribution in [0.5, 0.6) is 0 Å². The van der Waals surface area contributed by atoms with Gasteiger partial charge in [-0.3, -0.25) is 9.52 Å². The molecule has 4 fully saturated rings. The minimum atomic E-state index is -3.29. The molecule has 0 aromatic heterocycles. The highest BCUT2D eigenvalue weighted by Crippen LogP contribution is 2.55. The fraction of sp³-hybridized carbons (Fsp3) is 0.650. The molecule has 5 rings (SSSR count). The number of hydrogen-bond acceptors (Lipinski definition) is 4. The van der Waals surface area contributed by atoms with Crippen molar-refractivity contribution in [1.82, 2.24) is 5.32 Å². The van der Waals surface area contributed by atoms with Gasteiger partial charge >= 0.3 is 0 Å². The fourth-order valence-electron chi connectivity index (χ4n) is 5.80. The normalized spacial score (nSPS) is 32.7. The Morgan fingerprint density at radius 3 is 1.96 bits per heavy atom. The van der Waals surface area contributed by atoms with Gasteiger partial charge in [-0.25, -0.2) is 8.42 Å². The molecule has 0 unspecified atom stereocenters. The van der Waals surface area contributed by atoms with Crippen LogP contribution >= 0.6 is 0 Å². The zero-order valence-electron chi connectivity index (χ0n) is 16.0. The van der Waals surface area contributed by atoms with Gasteiger partial charge < -0.3 is 10.6 Å². The molecule has 1 atom stereocenters. The first-order chi connectivity index (χ1) is 12.7. The van der Waals surface area contributed by atoms with E-state index in [0.717, 1.165) is 49.0 Å². The van der Waals surface area contributed by atoms with Crippen LogP contribution in [0, 0.1) is 17.8 Å². The van der Waals surface area contributed by atoms with E-state index in [-0.39, 0.29) is 17.5 Å². The van der Waals surface area contributed by atoms with Crippen LogP contribution in [0.4, 0.5) is 11.4 Å². The topological polar surface area (TPSA) is 87.3 Å². The van der Waals surface area contributed by atoms with Gasteiger partial charge in [0.05, 0.1) is 6.26 Å². The molecule has 6 nitrogen and oxygen atoms in total. The summed E-state index contributed by atoms with van der Waals surface area (Å²) in [4.78, 5) is 12.8. The Morgan fingerprint density at radius 2 is 1.48 bits per heavy atom. The van der Waals surface area contributed by atoms with E-state index in [9.17, 15) is 13.2 Å². The molecule has 1 amide bonds. The van der Waals surface area contributed by atoms with E-state index in [2.05, 4.69) is 15.4 Å². The Hall–Kier alpha value is -1.76. The quantitative estimate of drug-likeness (QED) is 0.696. The van der Waals surface area contributed by atoms with Crippen molar-refractivity contribution in [3.63, 3.8) is 0 Å². The second-order valence-electron chi connectivity index (χ2n) is 9.00. The minimum Gasteiger partial charge on any atom is -0.374 e. The first kappa shape index (κ1) is 18.6. The SMILES string of the molecule is C[C@H](Nc1ccc(NS(C)(=O)=O)cc1)C(=O)NC12CC3CC(CC(C3)C1)C2.